The summed E-state index contributed by atoms with van der Waals surface area (Å²) in [7, 11) is 0. The molecule has 2 aromatic carbocycles. The van der Waals surface area contributed by atoms with Crippen molar-refractivity contribution < 1.29 is 14.3 Å². The molecular weight excluding hydrogens is 441 g/mol. The minimum atomic E-state index is -0.0146. The summed E-state index contributed by atoms with van der Waals surface area (Å²) in [6.45, 7) is 0.750. The van der Waals surface area contributed by atoms with E-state index in [0.717, 1.165) is 11.1 Å². The first kappa shape index (κ1) is 23.2. The Morgan fingerprint density at radius 3 is 2.75 bits per heavy atom. The van der Waals surface area contributed by atoms with E-state index in [2.05, 4.69) is 4.72 Å². The van der Waals surface area contributed by atoms with E-state index in [1.54, 1.807) is 6.07 Å². The van der Waals surface area contributed by atoms with Gasteiger partial charge in [0.25, 0.3) is 0 Å². The molecule has 1 N–H and O–H groups in total. The highest BCUT2D eigenvalue weighted by molar-refractivity contribution is 7.96. The van der Waals surface area contributed by atoms with Gasteiger partial charge in [-0.2, -0.15) is 0 Å². The average Bonchev–Trinajstić information content (AvgIpc) is 2.70. The summed E-state index contributed by atoms with van der Waals surface area (Å²) in [6, 6.07) is 11.2. The Labute approximate surface area is 185 Å². The van der Waals surface area contributed by atoms with E-state index in [1.807, 2.05) is 36.6 Å². The Hall–Kier alpha value is -1.11. The Balaban J connectivity index is 2.05. The number of alkyl halides is 1. The monoisotopic (exact) mass is 461 g/mol. The quantitative estimate of drug-likeness (QED) is 0.260. The number of halogens is 3. The average molecular weight is 463 g/mol. The van der Waals surface area contributed by atoms with E-state index >= 15 is 0 Å². The van der Waals surface area contributed by atoms with Crippen LogP contribution in [0.2, 0.25) is 10.0 Å². The number of hydrogen-bond donors (Lipinski definition) is 1. The molecule has 0 fully saturated rings. The normalized spacial score (nSPS) is 10.7. The first-order valence-corrected chi connectivity index (χ1v) is 11.2. The Morgan fingerprint density at radius 1 is 1.18 bits per heavy atom. The predicted molar refractivity (Wildman–Crippen MR) is 119 cm³/mol. The summed E-state index contributed by atoms with van der Waals surface area (Å²) in [5.41, 5.74) is 1.90. The van der Waals surface area contributed by atoms with E-state index in [1.165, 1.54) is 11.9 Å². The number of rotatable bonds is 12. The summed E-state index contributed by atoms with van der Waals surface area (Å²) in [5.74, 6) is 1.61. The number of hydrogen-bond acceptors (Lipinski definition) is 5. The minimum Gasteiger partial charge on any atom is -0.490 e. The van der Waals surface area contributed by atoms with Crippen molar-refractivity contribution in [3.63, 3.8) is 0 Å². The zero-order chi connectivity index (χ0) is 20.4. The van der Waals surface area contributed by atoms with E-state index in [9.17, 15) is 4.79 Å². The van der Waals surface area contributed by atoms with Crippen LogP contribution in [0.15, 0.2) is 36.4 Å². The molecule has 0 unspecified atom stereocenters. The van der Waals surface area contributed by atoms with Crippen LogP contribution in [0.25, 0.3) is 0 Å². The SMILES string of the molecule is CSNCC(=O)COc1cccc(Cc2ccc(Cl)c(OCCCCl)c2Cl)c1. The molecule has 0 aliphatic heterocycles. The molecule has 152 valence electrons. The fourth-order valence-corrected chi connectivity index (χ4v) is 3.36. The first-order chi connectivity index (χ1) is 13.5. The van der Waals surface area contributed by atoms with Gasteiger partial charge >= 0.3 is 0 Å². The van der Waals surface area contributed by atoms with Gasteiger partial charge in [-0.25, -0.2) is 0 Å². The van der Waals surface area contributed by atoms with Crippen LogP contribution in [-0.2, 0) is 11.2 Å². The molecule has 2 rings (SSSR count). The second-order valence-corrected chi connectivity index (χ2v) is 7.78. The number of carbonyl (C=O) groups is 1. The van der Waals surface area contributed by atoms with Crippen LogP contribution < -0.4 is 14.2 Å². The molecule has 8 heteroatoms. The molecule has 0 aliphatic carbocycles. The maximum atomic E-state index is 11.7. The van der Waals surface area contributed by atoms with Gasteiger partial charge in [0.1, 0.15) is 12.4 Å². The summed E-state index contributed by atoms with van der Waals surface area (Å²) in [4.78, 5) is 11.7. The van der Waals surface area contributed by atoms with Crippen molar-refractivity contribution in [2.75, 3.05) is 31.9 Å². The largest absolute Gasteiger partial charge is 0.490 e. The number of ketones is 1. The highest BCUT2D eigenvalue weighted by Crippen LogP contribution is 2.36. The van der Waals surface area contributed by atoms with Gasteiger partial charge in [0.05, 0.1) is 23.2 Å². The lowest BCUT2D eigenvalue weighted by Crippen LogP contribution is -2.22. The smallest absolute Gasteiger partial charge is 0.184 e. The highest BCUT2D eigenvalue weighted by Gasteiger charge is 2.13. The molecule has 0 amide bonds. The van der Waals surface area contributed by atoms with Crippen LogP contribution in [0.3, 0.4) is 0 Å². The molecule has 0 bridgehead atoms. The number of benzene rings is 2. The molecule has 0 spiro atoms. The van der Waals surface area contributed by atoms with Gasteiger partial charge in [-0.15, -0.1) is 11.6 Å². The molecule has 0 saturated carbocycles. The van der Waals surface area contributed by atoms with Gasteiger partial charge in [-0.3, -0.25) is 9.52 Å². The standard InChI is InChI=1S/C20H22Cl3NO3S/c1-28-24-12-16(25)13-27-17-5-2-4-14(11-17)10-15-6-7-18(22)20(19(15)23)26-9-3-8-21/h2,4-7,11,24H,3,8-10,12-13H2,1H3. The van der Waals surface area contributed by atoms with E-state index in [4.69, 9.17) is 44.3 Å². The van der Waals surface area contributed by atoms with E-state index in [0.29, 0.717) is 46.9 Å². The molecule has 28 heavy (non-hydrogen) atoms. The first-order valence-electron chi connectivity index (χ1n) is 8.70. The van der Waals surface area contributed by atoms with Crippen molar-refractivity contribution in [2.24, 2.45) is 0 Å². The van der Waals surface area contributed by atoms with Crippen molar-refractivity contribution in [1.29, 1.82) is 0 Å². The van der Waals surface area contributed by atoms with Gasteiger partial charge in [0, 0.05) is 5.88 Å². The Kier molecular flexibility index (Phi) is 10.3. The van der Waals surface area contributed by atoms with Gasteiger partial charge in [-0.05, 0) is 48.4 Å². The third kappa shape index (κ3) is 7.37. The minimum absolute atomic E-state index is 0.0146. The maximum absolute atomic E-state index is 11.7. The third-order valence-corrected chi connectivity index (χ3v) is 5.17. The van der Waals surface area contributed by atoms with E-state index < -0.39 is 0 Å². The lowest BCUT2D eigenvalue weighted by Gasteiger charge is -2.13. The molecule has 0 atom stereocenters. The molecule has 2 aromatic rings. The molecule has 0 aliphatic rings. The van der Waals surface area contributed by atoms with Crippen LogP contribution in [0, 0.1) is 0 Å². The molecule has 4 nitrogen and oxygen atoms in total. The van der Waals surface area contributed by atoms with Crippen molar-refractivity contribution in [3.8, 4) is 11.5 Å². The van der Waals surface area contributed by atoms with Crippen LogP contribution in [-0.4, -0.2) is 37.7 Å². The second kappa shape index (κ2) is 12.5. The predicted octanol–water partition coefficient (Wildman–Crippen LogP) is 5.41. The van der Waals surface area contributed by atoms with Crippen LogP contribution in [0.4, 0.5) is 0 Å². The maximum Gasteiger partial charge on any atom is 0.184 e. The second-order valence-electron chi connectivity index (χ2n) is 5.92. The zero-order valence-electron chi connectivity index (χ0n) is 15.5. The zero-order valence-corrected chi connectivity index (χ0v) is 18.6. The molecular formula is C20H22Cl3NO3S. The molecule has 0 heterocycles. The highest BCUT2D eigenvalue weighted by atomic mass is 35.5. The van der Waals surface area contributed by atoms with Crippen molar-refractivity contribution in [3.05, 3.63) is 57.6 Å². The van der Waals surface area contributed by atoms with Gasteiger partial charge < -0.3 is 9.47 Å². The fourth-order valence-electron chi connectivity index (χ4n) is 2.40. The van der Waals surface area contributed by atoms with E-state index in [-0.39, 0.29) is 18.9 Å². The summed E-state index contributed by atoms with van der Waals surface area (Å²) < 4.78 is 14.2. The van der Waals surface area contributed by atoms with Crippen LogP contribution in [0.1, 0.15) is 17.5 Å². The van der Waals surface area contributed by atoms with Gasteiger partial charge in [0.15, 0.2) is 11.5 Å². The molecule has 0 radical (unpaired) electrons. The fraction of sp³-hybridized carbons (Fsp3) is 0.350. The molecule has 0 saturated heterocycles. The summed E-state index contributed by atoms with van der Waals surface area (Å²) in [6.07, 6.45) is 3.16. The van der Waals surface area contributed by atoms with Gasteiger partial charge in [-0.1, -0.05) is 53.3 Å². The third-order valence-electron chi connectivity index (χ3n) is 3.76. The van der Waals surface area contributed by atoms with Crippen LogP contribution >= 0.6 is 46.8 Å². The Bertz CT molecular complexity index is 789. The number of Topliss-reactive ketones (excluding diaryl/α,β-unsaturated/α-hetero) is 1. The number of carbonyl (C=O) groups excluding carboxylic acids is 1. The summed E-state index contributed by atoms with van der Waals surface area (Å²) >= 11 is 19.8. The van der Waals surface area contributed by atoms with Crippen molar-refractivity contribution >= 4 is 52.5 Å². The summed E-state index contributed by atoms with van der Waals surface area (Å²) in [5, 5.41) is 0.962. The van der Waals surface area contributed by atoms with Gasteiger partial charge in [0.2, 0.25) is 0 Å². The number of nitrogens with one attached hydrogen (secondary N) is 1. The lowest BCUT2D eigenvalue weighted by atomic mass is 10.0. The lowest BCUT2D eigenvalue weighted by molar-refractivity contribution is -0.119. The topological polar surface area (TPSA) is 47.6 Å². The van der Waals surface area contributed by atoms with Crippen molar-refractivity contribution in [1.82, 2.24) is 4.72 Å². The Morgan fingerprint density at radius 2 is 2.00 bits per heavy atom. The van der Waals surface area contributed by atoms with Crippen LogP contribution in [0.5, 0.6) is 11.5 Å². The number of ether oxygens (including phenoxy) is 2. The molecule has 0 aromatic heterocycles. The van der Waals surface area contributed by atoms with Crippen molar-refractivity contribution in [2.45, 2.75) is 12.8 Å².